The Balaban J connectivity index is 1.96. The Morgan fingerprint density at radius 2 is 1.83 bits per heavy atom. The Hall–Kier alpha value is -1.89. The molecule has 1 fully saturated rings. The van der Waals surface area contributed by atoms with E-state index in [1.807, 2.05) is 17.0 Å². The number of imidazole rings is 1. The molecule has 2 aromatic rings. The lowest BCUT2D eigenvalue weighted by Crippen LogP contribution is -2.44. The second kappa shape index (κ2) is 6.20. The number of rotatable bonds is 3. The first kappa shape index (κ1) is 17.0. The number of benzene rings is 1. The van der Waals surface area contributed by atoms with Gasteiger partial charge in [0.05, 0.1) is 11.0 Å². The molecule has 1 aromatic carbocycles. The summed E-state index contributed by atoms with van der Waals surface area (Å²) in [4.78, 5) is 18.8. The van der Waals surface area contributed by atoms with E-state index in [0.29, 0.717) is 22.9 Å². The molecule has 0 aliphatic carbocycles. The van der Waals surface area contributed by atoms with E-state index in [0.717, 1.165) is 25.8 Å². The maximum atomic E-state index is 12.8. The van der Waals surface area contributed by atoms with Crippen molar-refractivity contribution in [2.45, 2.75) is 32.0 Å². The van der Waals surface area contributed by atoms with E-state index in [-0.39, 0.29) is 17.6 Å². The number of hydrogen-bond acceptors (Lipinski definition) is 4. The van der Waals surface area contributed by atoms with Gasteiger partial charge in [-0.15, -0.1) is 0 Å². The van der Waals surface area contributed by atoms with E-state index in [9.17, 15) is 13.2 Å². The number of para-hydroxylation sites is 2. The number of hydrogen-bond donors (Lipinski definition) is 0. The van der Waals surface area contributed by atoms with Crippen molar-refractivity contribution in [1.29, 1.82) is 0 Å². The van der Waals surface area contributed by atoms with E-state index >= 15 is 0 Å². The number of nitrogens with zero attached hydrogens (tertiary/aromatic N) is 3. The highest BCUT2D eigenvalue weighted by Gasteiger charge is 2.27. The summed E-state index contributed by atoms with van der Waals surface area (Å²) in [6.07, 6.45) is 2.24. The van der Waals surface area contributed by atoms with Crippen LogP contribution in [0.4, 0.5) is 0 Å². The Kier molecular flexibility index (Phi) is 4.38. The molecule has 6 nitrogen and oxygen atoms in total. The molecule has 0 bridgehead atoms. The Bertz CT molecular complexity index is 862. The largest absolute Gasteiger partial charge is 0.341 e. The van der Waals surface area contributed by atoms with Crippen molar-refractivity contribution >= 4 is 26.8 Å². The highest BCUT2D eigenvalue weighted by Crippen LogP contribution is 2.23. The zero-order chi connectivity index (χ0) is 17.5. The molecule has 2 atom stereocenters. The van der Waals surface area contributed by atoms with Gasteiger partial charge in [-0.3, -0.25) is 4.79 Å². The molecule has 0 N–H and O–H groups in total. The number of carbonyl (C=O) groups excluding carboxylic acids is 1. The molecular weight excluding hydrogens is 326 g/mol. The third kappa shape index (κ3) is 3.31. The van der Waals surface area contributed by atoms with Crippen LogP contribution in [0.3, 0.4) is 0 Å². The van der Waals surface area contributed by atoms with Crippen molar-refractivity contribution < 1.29 is 13.2 Å². The summed E-state index contributed by atoms with van der Waals surface area (Å²) in [6.45, 7) is 5.74. The SMILES string of the molecule is C[C@@H]1C[C@H](C)CN(C(=O)Cn2c(S(C)(=O)=O)nc3ccccc32)C1. The number of likely N-dealkylation sites (tertiary alicyclic amines) is 1. The monoisotopic (exact) mass is 349 g/mol. The standard InChI is InChI=1S/C17H23N3O3S/c1-12-8-13(2)10-19(9-12)16(21)11-20-15-7-5-4-6-14(15)18-17(20)24(3,22)23/h4-7,12-13H,8-11H2,1-3H3/t12-,13+. The van der Waals surface area contributed by atoms with Crippen LogP contribution in [0.1, 0.15) is 20.3 Å². The van der Waals surface area contributed by atoms with Gasteiger partial charge in [0, 0.05) is 19.3 Å². The Labute approximate surface area is 142 Å². The smallest absolute Gasteiger partial charge is 0.242 e. The Morgan fingerprint density at radius 3 is 2.46 bits per heavy atom. The van der Waals surface area contributed by atoms with Crippen LogP contribution in [-0.4, -0.2) is 48.1 Å². The van der Waals surface area contributed by atoms with Gasteiger partial charge in [0.1, 0.15) is 6.54 Å². The van der Waals surface area contributed by atoms with Crippen LogP contribution in [0.2, 0.25) is 0 Å². The van der Waals surface area contributed by atoms with Gasteiger partial charge in [-0.1, -0.05) is 26.0 Å². The first-order valence-corrected chi connectivity index (χ1v) is 10.1. The lowest BCUT2D eigenvalue weighted by atomic mass is 9.92. The average Bonchev–Trinajstić information content (AvgIpc) is 2.85. The molecule has 1 aliphatic heterocycles. The van der Waals surface area contributed by atoms with E-state index in [4.69, 9.17) is 0 Å². The number of piperidine rings is 1. The van der Waals surface area contributed by atoms with Gasteiger partial charge in [-0.05, 0) is 30.4 Å². The molecule has 0 radical (unpaired) electrons. The number of carbonyl (C=O) groups is 1. The molecule has 1 aromatic heterocycles. The van der Waals surface area contributed by atoms with E-state index < -0.39 is 9.84 Å². The highest BCUT2D eigenvalue weighted by molar-refractivity contribution is 7.90. The van der Waals surface area contributed by atoms with Crippen LogP contribution in [-0.2, 0) is 21.2 Å². The summed E-state index contributed by atoms with van der Waals surface area (Å²) in [5.74, 6) is 0.875. The van der Waals surface area contributed by atoms with Crippen LogP contribution in [0.15, 0.2) is 29.4 Å². The van der Waals surface area contributed by atoms with Crippen molar-refractivity contribution in [3.8, 4) is 0 Å². The third-order valence-electron chi connectivity index (χ3n) is 4.47. The molecule has 1 aliphatic rings. The number of amides is 1. The molecular formula is C17H23N3O3S. The first-order chi connectivity index (χ1) is 11.3. The molecule has 0 spiro atoms. The third-order valence-corrected chi connectivity index (χ3v) is 5.44. The second-order valence-corrected chi connectivity index (χ2v) is 8.90. The summed E-state index contributed by atoms with van der Waals surface area (Å²) in [6, 6.07) is 7.19. The quantitative estimate of drug-likeness (QED) is 0.849. The van der Waals surface area contributed by atoms with E-state index in [2.05, 4.69) is 18.8 Å². The lowest BCUT2D eigenvalue weighted by Gasteiger charge is -2.35. The minimum Gasteiger partial charge on any atom is -0.341 e. The topological polar surface area (TPSA) is 72.3 Å². The molecule has 7 heteroatoms. The molecule has 0 unspecified atom stereocenters. The zero-order valence-corrected chi connectivity index (χ0v) is 15.1. The number of fused-ring (bicyclic) bond motifs is 1. The van der Waals surface area contributed by atoms with Gasteiger partial charge in [0.25, 0.3) is 0 Å². The summed E-state index contributed by atoms with van der Waals surface area (Å²) in [5, 5.41) is -0.0462. The molecule has 3 rings (SSSR count). The molecule has 1 amide bonds. The van der Waals surface area contributed by atoms with Gasteiger partial charge in [-0.25, -0.2) is 13.4 Å². The van der Waals surface area contributed by atoms with Crippen LogP contribution in [0, 0.1) is 11.8 Å². The van der Waals surface area contributed by atoms with Crippen molar-refractivity contribution in [3.05, 3.63) is 24.3 Å². The minimum absolute atomic E-state index is 0.00234. The van der Waals surface area contributed by atoms with Crippen molar-refractivity contribution in [2.24, 2.45) is 11.8 Å². The fourth-order valence-electron chi connectivity index (χ4n) is 3.59. The predicted molar refractivity (Wildman–Crippen MR) is 92.4 cm³/mol. The first-order valence-electron chi connectivity index (χ1n) is 8.19. The number of sulfone groups is 1. The molecule has 2 heterocycles. The molecule has 130 valence electrons. The van der Waals surface area contributed by atoms with Gasteiger partial charge in [0.2, 0.25) is 20.9 Å². The average molecular weight is 349 g/mol. The maximum Gasteiger partial charge on any atom is 0.242 e. The van der Waals surface area contributed by atoms with Crippen molar-refractivity contribution in [1.82, 2.24) is 14.5 Å². The molecule has 0 saturated carbocycles. The van der Waals surface area contributed by atoms with Gasteiger partial charge in [0.15, 0.2) is 0 Å². The van der Waals surface area contributed by atoms with Crippen LogP contribution < -0.4 is 0 Å². The van der Waals surface area contributed by atoms with Crippen molar-refractivity contribution in [2.75, 3.05) is 19.3 Å². The van der Waals surface area contributed by atoms with Crippen LogP contribution >= 0.6 is 0 Å². The van der Waals surface area contributed by atoms with Gasteiger partial charge in [-0.2, -0.15) is 0 Å². The zero-order valence-electron chi connectivity index (χ0n) is 14.3. The van der Waals surface area contributed by atoms with E-state index in [1.54, 1.807) is 12.1 Å². The normalized spacial score (nSPS) is 22.0. The van der Waals surface area contributed by atoms with Crippen LogP contribution in [0.5, 0.6) is 0 Å². The summed E-state index contributed by atoms with van der Waals surface area (Å²) < 4.78 is 25.7. The maximum absolute atomic E-state index is 12.8. The highest BCUT2D eigenvalue weighted by atomic mass is 32.2. The van der Waals surface area contributed by atoms with Gasteiger partial charge < -0.3 is 9.47 Å². The summed E-state index contributed by atoms with van der Waals surface area (Å²) >= 11 is 0. The number of aromatic nitrogens is 2. The molecule has 1 saturated heterocycles. The van der Waals surface area contributed by atoms with Gasteiger partial charge >= 0.3 is 0 Å². The lowest BCUT2D eigenvalue weighted by molar-refractivity contribution is -0.134. The fourth-order valence-corrected chi connectivity index (χ4v) is 4.42. The minimum atomic E-state index is -3.51. The predicted octanol–water partition coefficient (Wildman–Crippen LogP) is 1.94. The van der Waals surface area contributed by atoms with E-state index in [1.165, 1.54) is 4.57 Å². The van der Waals surface area contributed by atoms with Crippen molar-refractivity contribution in [3.63, 3.8) is 0 Å². The van der Waals surface area contributed by atoms with Crippen LogP contribution in [0.25, 0.3) is 11.0 Å². The molecule has 24 heavy (non-hydrogen) atoms. The second-order valence-electron chi connectivity index (χ2n) is 6.99. The summed E-state index contributed by atoms with van der Waals surface area (Å²) in [7, 11) is -3.51. The summed E-state index contributed by atoms with van der Waals surface area (Å²) in [5.41, 5.74) is 1.26. The fraction of sp³-hybridized carbons (Fsp3) is 0.529. The Morgan fingerprint density at radius 1 is 1.21 bits per heavy atom.